The van der Waals surface area contributed by atoms with Crippen LogP contribution in [0.2, 0.25) is 0 Å². The lowest BCUT2D eigenvalue weighted by molar-refractivity contribution is -0.229. The van der Waals surface area contributed by atoms with Gasteiger partial charge in [-0.3, -0.25) is 0 Å². The summed E-state index contributed by atoms with van der Waals surface area (Å²) in [6.45, 7) is 7.73. The van der Waals surface area contributed by atoms with Crippen molar-refractivity contribution in [3.63, 3.8) is 0 Å². The Bertz CT molecular complexity index is 371. The number of alkyl halides is 3. The molecular weight excluding hydrogens is 253 g/mol. The highest BCUT2D eigenvalue weighted by Crippen LogP contribution is 2.24. The molecule has 4 nitrogen and oxygen atoms in total. The first-order chi connectivity index (χ1) is 8.05. The van der Waals surface area contributed by atoms with Gasteiger partial charge in [0, 0.05) is 11.1 Å². The van der Waals surface area contributed by atoms with Crippen LogP contribution in [-0.4, -0.2) is 30.8 Å². The Morgan fingerprint density at radius 1 is 1.11 bits per heavy atom. The average Bonchev–Trinajstić information content (AvgIpc) is 2.20. The summed E-state index contributed by atoms with van der Waals surface area (Å²) in [5.41, 5.74) is -0.238. The molecule has 0 spiro atoms. The van der Waals surface area contributed by atoms with Crippen molar-refractivity contribution in [2.24, 2.45) is 0 Å². The maximum absolute atomic E-state index is 12.5. The van der Waals surface area contributed by atoms with Gasteiger partial charge < -0.3 is 9.47 Å². The Labute approximate surface area is 102 Å². The smallest absolute Gasteiger partial charge is 0.428 e. The molecule has 0 saturated heterocycles. The van der Waals surface area contributed by atoms with Crippen molar-refractivity contribution in [3.05, 3.63) is 24.3 Å². The van der Waals surface area contributed by atoms with Gasteiger partial charge in [0.1, 0.15) is 6.61 Å². The molecule has 0 aliphatic heterocycles. The summed E-state index contributed by atoms with van der Waals surface area (Å²) < 4.78 is 45.9. The summed E-state index contributed by atoms with van der Waals surface area (Å²) in [5, 5.41) is 0. The Morgan fingerprint density at radius 2 is 1.56 bits per heavy atom. The van der Waals surface area contributed by atoms with Crippen molar-refractivity contribution < 1.29 is 32.2 Å². The zero-order chi connectivity index (χ0) is 14.5. The first-order valence-electron chi connectivity index (χ1n) is 4.81. The Balaban J connectivity index is 4.62. The largest absolute Gasteiger partial charge is 0.458 e. The molecule has 18 heavy (non-hydrogen) atoms. The van der Waals surface area contributed by atoms with Gasteiger partial charge in [0.2, 0.25) is 6.10 Å². The number of hydrogen-bond acceptors (Lipinski definition) is 4. The summed E-state index contributed by atoms with van der Waals surface area (Å²) in [6, 6.07) is 0. The van der Waals surface area contributed by atoms with E-state index in [0.717, 1.165) is 0 Å². The van der Waals surface area contributed by atoms with Gasteiger partial charge >= 0.3 is 18.1 Å². The highest BCUT2D eigenvalue weighted by atomic mass is 19.4. The molecule has 0 saturated carbocycles. The van der Waals surface area contributed by atoms with Crippen LogP contribution in [0.3, 0.4) is 0 Å². The molecule has 1 atom stereocenters. The highest BCUT2D eigenvalue weighted by Gasteiger charge is 2.44. The van der Waals surface area contributed by atoms with Gasteiger partial charge in [-0.1, -0.05) is 13.2 Å². The fourth-order valence-electron chi connectivity index (χ4n) is 0.700. The lowest BCUT2D eigenvalue weighted by Crippen LogP contribution is -2.38. The fourth-order valence-corrected chi connectivity index (χ4v) is 0.700. The zero-order valence-electron chi connectivity index (χ0n) is 9.97. The Hall–Kier alpha value is -1.79. The third-order valence-electron chi connectivity index (χ3n) is 1.68. The highest BCUT2D eigenvalue weighted by molar-refractivity contribution is 5.87. The van der Waals surface area contributed by atoms with Crippen molar-refractivity contribution in [1.29, 1.82) is 0 Å². The molecule has 0 aromatic heterocycles. The van der Waals surface area contributed by atoms with Crippen molar-refractivity contribution in [2.45, 2.75) is 26.1 Å². The summed E-state index contributed by atoms with van der Waals surface area (Å²) in [7, 11) is 0. The van der Waals surface area contributed by atoms with E-state index in [9.17, 15) is 22.8 Å². The van der Waals surface area contributed by atoms with Gasteiger partial charge in [0.15, 0.2) is 0 Å². The van der Waals surface area contributed by atoms with Crippen molar-refractivity contribution in [2.75, 3.05) is 6.61 Å². The number of halogens is 3. The van der Waals surface area contributed by atoms with E-state index in [4.69, 9.17) is 0 Å². The molecule has 0 fully saturated rings. The van der Waals surface area contributed by atoms with E-state index >= 15 is 0 Å². The average molecular weight is 266 g/mol. The molecular formula is C11H13F3O4. The lowest BCUT2D eigenvalue weighted by atomic mass is 10.3. The molecule has 7 heteroatoms. The predicted octanol–water partition coefficient (Wildman–Crippen LogP) is 2.16. The third kappa shape index (κ3) is 5.51. The quantitative estimate of drug-likeness (QED) is 0.565. The summed E-state index contributed by atoms with van der Waals surface area (Å²) >= 11 is 0. The van der Waals surface area contributed by atoms with Crippen LogP contribution in [0.15, 0.2) is 24.3 Å². The molecule has 0 rings (SSSR count). The number of carbonyl (C=O) groups excluding carboxylic acids is 2. The lowest BCUT2D eigenvalue weighted by Gasteiger charge is -2.20. The minimum atomic E-state index is -4.83. The van der Waals surface area contributed by atoms with Crippen LogP contribution in [0.1, 0.15) is 13.8 Å². The molecule has 0 aliphatic carbocycles. The standard InChI is InChI=1S/C11H13F3O4/c1-6(2)9(15)17-5-8(11(12,13)14)18-10(16)7(3)4/h8H,1,3,5H2,2,4H3. The molecule has 0 N–H and O–H groups in total. The summed E-state index contributed by atoms with van der Waals surface area (Å²) in [5.74, 6) is -2.20. The van der Waals surface area contributed by atoms with Gasteiger partial charge in [-0.15, -0.1) is 0 Å². The number of hydrogen-bond donors (Lipinski definition) is 0. The fraction of sp³-hybridized carbons (Fsp3) is 0.455. The van der Waals surface area contributed by atoms with E-state index in [-0.39, 0.29) is 11.1 Å². The second kappa shape index (κ2) is 6.23. The topological polar surface area (TPSA) is 52.6 Å². The van der Waals surface area contributed by atoms with Crippen LogP contribution in [-0.2, 0) is 19.1 Å². The molecule has 102 valence electrons. The molecule has 0 aliphatic rings. The van der Waals surface area contributed by atoms with Gasteiger partial charge in [-0.25, -0.2) is 9.59 Å². The van der Waals surface area contributed by atoms with Gasteiger partial charge in [0.05, 0.1) is 0 Å². The number of carbonyl (C=O) groups is 2. The third-order valence-corrected chi connectivity index (χ3v) is 1.68. The first-order valence-corrected chi connectivity index (χ1v) is 4.81. The zero-order valence-corrected chi connectivity index (χ0v) is 9.97. The van der Waals surface area contributed by atoms with E-state index in [1.165, 1.54) is 13.8 Å². The Morgan fingerprint density at radius 3 is 1.89 bits per heavy atom. The van der Waals surface area contributed by atoms with Crippen molar-refractivity contribution >= 4 is 11.9 Å². The minimum absolute atomic E-state index is 0.0536. The van der Waals surface area contributed by atoms with Gasteiger partial charge in [0.25, 0.3) is 0 Å². The van der Waals surface area contributed by atoms with Crippen LogP contribution in [0.25, 0.3) is 0 Å². The molecule has 0 radical (unpaired) electrons. The number of rotatable bonds is 5. The second-order valence-corrected chi connectivity index (χ2v) is 3.59. The van der Waals surface area contributed by atoms with Gasteiger partial charge in [-0.05, 0) is 13.8 Å². The van der Waals surface area contributed by atoms with Crippen molar-refractivity contribution in [3.8, 4) is 0 Å². The maximum atomic E-state index is 12.5. The van der Waals surface area contributed by atoms with E-state index in [0.29, 0.717) is 0 Å². The van der Waals surface area contributed by atoms with Crippen LogP contribution >= 0.6 is 0 Å². The molecule has 0 bridgehead atoms. The molecule has 0 aromatic carbocycles. The summed E-state index contributed by atoms with van der Waals surface area (Å²) in [6.07, 6.45) is -7.36. The first kappa shape index (κ1) is 16.2. The SMILES string of the molecule is C=C(C)C(=O)OCC(OC(=O)C(=C)C)C(F)(F)F. The monoisotopic (exact) mass is 266 g/mol. The predicted molar refractivity (Wildman–Crippen MR) is 56.5 cm³/mol. The van der Waals surface area contributed by atoms with Crippen molar-refractivity contribution in [1.82, 2.24) is 0 Å². The normalized spacial score (nSPS) is 12.5. The minimum Gasteiger partial charge on any atom is -0.458 e. The molecule has 1 unspecified atom stereocenters. The van der Waals surface area contributed by atoms with E-state index < -0.39 is 30.8 Å². The molecule has 0 amide bonds. The van der Waals surface area contributed by atoms with E-state index in [2.05, 4.69) is 22.6 Å². The summed E-state index contributed by atoms with van der Waals surface area (Å²) in [4.78, 5) is 21.9. The number of esters is 2. The van der Waals surface area contributed by atoms with Crippen LogP contribution in [0.5, 0.6) is 0 Å². The maximum Gasteiger partial charge on any atom is 0.428 e. The van der Waals surface area contributed by atoms with E-state index in [1.54, 1.807) is 0 Å². The molecule has 0 heterocycles. The number of ether oxygens (including phenoxy) is 2. The molecule has 0 aromatic rings. The van der Waals surface area contributed by atoms with E-state index in [1.807, 2.05) is 0 Å². The second-order valence-electron chi connectivity index (χ2n) is 3.59. The van der Waals surface area contributed by atoms with Crippen LogP contribution in [0, 0.1) is 0 Å². The van der Waals surface area contributed by atoms with Gasteiger partial charge in [-0.2, -0.15) is 13.2 Å². The van der Waals surface area contributed by atoms with Crippen LogP contribution in [0.4, 0.5) is 13.2 Å². The van der Waals surface area contributed by atoms with Crippen LogP contribution < -0.4 is 0 Å². The Kier molecular flexibility index (Phi) is 5.61.